The van der Waals surface area contributed by atoms with Crippen molar-refractivity contribution < 1.29 is 14.6 Å². The third-order valence-electron chi connectivity index (χ3n) is 7.78. The molecule has 0 bridgehead atoms. The van der Waals surface area contributed by atoms with Crippen LogP contribution in [0.2, 0.25) is 0 Å². The highest BCUT2D eigenvalue weighted by Crippen LogP contribution is 2.51. The number of hydrogen-bond acceptors (Lipinski definition) is 7. The Hall–Kier alpha value is -5.70. The van der Waals surface area contributed by atoms with Gasteiger partial charge in [-0.05, 0) is 48.0 Å². The zero-order valence-electron chi connectivity index (χ0n) is 22.8. The van der Waals surface area contributed by atoms with Crippen LogP contribution in [-0.2, 0) is 0 Å². The number of aromatic nitrogens is 6. The fraction of sp³-hybridized carbons (Fsp3) is 0.0909. The Morgan fingerprint density at radius 3 is 2.40 bits per heavy atom. The predicted octanol–water partition coefficient (Wildman–Crippen LogP) is 6.44. The van der Waals surface area contributed by atoms with Crippen LogP contribution in [0.3, 0.4) is 0 Å². The van der Waals surface area contributed by atoms with Crippen LogP contribution in [0.1, 0.15) is 28.3 Å². The summed E-state index contributed by atoms with van der Waals surface area (Å²) >= 11 is 0. The van der Waals surface area contributed by atoms with E-state index >= 15 is 0 Å². The van der Waals surface area contributed by atoms with Gasteiger partial charge in [0.15, 0.2) is 11.5 Å². The first-order valence-electron chi connectivity index (χ1n) is 13.5. The van der Waals surface area contributed by atoms with Gasteiger partial charge < -0.3 is 14.6 Å². The van der Waals surface area contributed by atoms with Crippen molar-refractivity contribution in [2.24, 2.45) is 0 Å². The number of methoxy groups -OCH3 is 1. The summed E-state index contributed by atoms with van der Waals surface area (Å²) in [6, 6.07) is 29.3. The van der Waals surface area contributed by atoms with Crippen LogP contribution in [-0.4, -0.2) is 41.6 Å². The molecule has 4 aromatic carbocycles. The van der Waals surface area contributed by atoms with Crippen LogP contribution in [0.15, 0.2) is 97.3 Å². The normalized spacial score (nSPS) is 14.0. The average molecular weight is 553 g/mol. The summed E-state index contributed by atoms with van der Waals surface area (Å²) in [5.74, 6) is 1.84. The molecule has 0 fully saturated rings. The van der Waals surface area contributed by atoms with Crippen molar-refractivity contribution in [2.75, 3.05) is 7.11 Å². The van der Waals surface area contributed by atoms with Crippen molar-refractivity contribution in [1.29, 1.82) is 0 Å². The number of benzene rings is 4. The van der Waals surface area contributed by atoms with E-state index in [9.17, 15) is 5.11 Å². The molecule has 0 radical (unpaired) electrons. The number of nitrogens with zero attached hydrogens (tertiary/aromatic N) is 6. The predicted molar refractivity (Wildman–Crippen MR) is 158 cm³/mol. The second-order valence-corrected chi connectivity index (χ2v) is 10.2. The molecule has 42 heavy (non-hydrogen) atoms. The lowest BCUT2D eigenvalue weighted by Crippen LogP contribution is -2.16. The monoisotopic (exact) mass is 552 g/mol. The highest BCUT2D eigenvalue weighted by Gasteiger charge is 2.39. The number of fused-ring (bicyclic) bond motifs is 5. The maximum Gasteiger partial charge on any atom is 0.230 e. The van der Waals surface area contributed by atoms with Crippen molar-refractivity contribution in [3.63, 3.8) is 0 Å². The third-order valence-corrected chi connectivity index (χ3v) is 7.78. The molecule has 9 nitrogen and oxygen atoms in total. The Labute approximate surface area is 240 Å². The Morgan fingerprint density at radius 1 is 0.857 bits per heavy atom. The molecular formula is C33H24N6O3. The van der Waals surface area contributed by atoms with Crippen LogP contribution in [0.25, 0.3) is 33.5 Å². The average Bonchev–Trinajstić information content (AvgIpc) is 3.61. The summed E-state index contributed by atoms with van der Waals surface area (Å²) in [4.78, 5) is 9.66. The van der Waals surface area contributed by atoms with Crippen LogP contribution in [0.4, 0.5) is 0 Å². The summed E-state index contributed by atoms with van der Waals surface area (Å²) in [6.45, 7) is 1.98. The minimum Gasteiger partial charge on any atom is -0.507 e. The Balaban J connectivity index is 1.39. The Kier molecular flexibility index (Phi) is 5.27. The number of ether oxygens (including phenoxy) is 2. The topological polar surface area (TPSA) is 99.6 Å². The highest BCUT2D eigenvalue weighted by atomic mass is 16.5. The van der Waals surface area contributed by atoms with E-state index in [4.69, 9.17) is 29.6 Å². The van der Waals surface area contributed by atoms with Gasteiger partial charge >= 0.3 is 0 Å². The molecule has 0 amide bonds. The quantitative estimate of drug-likeness (QED) is 0.268. The van der Waals surface area contributed by atoms with E-state index in [1.807, 2.05) is 96.5 Å². The van der Waals surface area contributed by atoms with Crippen molar-refractivity contribution in [2.45, 2.75) is 12.8 Å². The molecule has 0 saturated heterocycles. The zero-order chi connectivity index (χ0) is 28.4. The molecule has 0 saturated carbocycles. The third kappa shape index (κ3) is 3.56. The number of aromatic hydroxyl groups is 1. The standard InChI is InChI=1S/C33H24N6O3/c1-19-27-28(23-14-8-9-15-26(23)41-2)29-31-35-30(24-16-20-10-6-7-11-21(20)17-25(24)40)37-38(31)18-34-32(29)42-33(27)39(36-19)22-12-4-3-5-13-22/h3-18,28,40H,1-2H3. The SMILES string of the molecule is COc1ccccc1C1c2c(C)nn(-c3ccccc3)c2Oc2ncn3nc(-c4cc5ccccc5cc4O)nc3c21. The van der Waals surface area contributed by atoms with Gasteiger partial charge in [-0.1, -0.05) is 60.7 Å². The van der Waals surface area contributed by atoms with Crippen molar-refractivity contribution in [3.05, 3.63) is 120 Å². The van der Waals surface area contributed by atoms with Crippen molar-refractivity contribution in [3.8, 4) is 40.3 Å². The van der Waals surface area contributed by atoms with Crippen LogP contribution >= 0.6 is 0 Å². The molecular weight excluding hydrogens is 528 g/mol. The van der Waals surface area contributed by atoms with Gasteiger partial charge in [0.2, 0.25) is 11.8 Å². The van der Waals surface area contributed by atoms with Gasteiger partial charge in [0.25, 0.3) is 0 Å². The van der Waals surface area contributed by atoms with Gasteiger partial charge in [0, 0.05) is 5.56 Å². The lowest BCUT2D eigenvalue weighted by atomic mass is 9.84. The van der Waals surface area contributed by atoms with Gasteiger partial charge in [-0.2, -0.15) is 5.10 Å². The van der Waals surface area contributed by atoms with E-state index in [0.717, 1.165) is 44.6 Å². The molecule has 0 aliphatic carbocycles. The minimum absolute atomic E-state index is 0.103. The van der Waals surface area contributed by atoms with E-state index in [2.05, 4.69) is 0 Å². The largest absolute Gasteiger partial charge is 0.507 e. The maximum absolute atomic E-state index is 10.9. The molecule has 4 heterocycles. The molecule has 3 aromatic heterocycles. The van der Waals surface area contributed by atoms with Gasteiger partial charge in [-0.15, -0.1) is 5.10 Å². The lowest BCUT2D eigenvalue weighted by molar-refractivity contribution is 0.393. The molecule has 1 aliphatic rings. The van der Waals surface area contributed by atoms with E-state index in [-0.39, 0.29) is 11.7 Å². The smallest absolute Gasteiger partial charge is 0.230 e. The highest BCUT2D eigenvalue weighted by molar-refractivity contribution is 5.89. The fourth-order valence-corrected chi connectivity index (χ4v) is 5.86. The zero-order valence-corrected chi connectivity index (χ0v) is 22.8. The van der Waals surface area contributed by atoms with Crippen LogP contribution in [0.5, 0.6) is 23.3 Å². The van der Waals surface area contributed by atoms with Crippen LogP contribution < -0.4 is 9.47 Å². The summed E-state index contributed by atoms with van der Waals surface area (Å²) in [5, 5.41) is 22.5. The molecule has 204 valence electrons. The molecule has 1 aliphatic heterocycles. The van der Waals surface area contributed by atoms with E-state index in [0.29, 0.717) is 28.8 Å². The van der Waals surface area contributed by atoms with E-state index < -0.39 is 0 Å². The molecule has 0 spiro atoms. The molecule has 9 heteroatoms. The summed E-state index contributed by atoms with van der Waals surface area (Å²) < 4.78 is 15.8. The molecule has 7 aromatic rings. The first-order valence-corrected chi connectivity index (χ1v) is 13.5. The summed E-state index contributed by atoms with van der Waals surface area (Å²) in [6.07, 6.45) is 1.59. The number of phenolic OH excluding ortho intramolecular Hbond substituents is 1. The fourth-order valence-electron chi connectivity index (χ4n) is 5.86. The number of hydrogen-bond donors (Lipinski definition) is 1. The number of rotatable bonds is 4. The van der Waals surface area contributed by atoms with E-state index in [1.54, 1.807) is 24.0 Å². The first-order chi connectivity index (χ1) is 20.6. The minimum atomic E-state index is -0.365. The van der Waals surface area contributed by atoms with Crippen LogP contribution in [0, 0.1) is 6.92 Å². The van der Waals surface area contributed by atoms with Crippen molar-refractivity contribution in [1.82, 2.24) is 29.4 Å². The molecule has 1 atom stereocenters. The second kappa shape index (κ2) is 9.17. The second-order valence-electron chi connectivity index (χ2n) is 10.2. The van der Waals surface area contributed by atoms with Crippen molar-refractivity contribution >= 4 is 16.4 Å². The summed E-state index contributed by atoms with van der Waals surface area (Å²) in [5.41, 5.74) is 5.34. The van der Waals surface area contributed by atoms with Gasteiger partial charge in [0.1, 0.15) is 17.8 Å². The number of phenols is 1. The summed E-state index contributed by atoms with van der Waals surface area (Å²) in [7, 11) is 1.66. The molecule has 1 unspecified atom stereocenters. The lowest BCUT2D eigenvalue weighted by Gasteiger charge is -2.27. The van der Waals surface area contributed by atoms with Gasteiger partial charge in [-0.25, -0.2) is 19.2 Å². The number of para-hydroxylation sites is 2. The van der Waals surface area contributed by atoms with E-state index in [1.165, 1.54) is 0 Å². The molecule has 1 N–H and O–H groups in total. The molecule has 8 rings (SSSR count). The Bertz CT molecular complexity index is 2150. The first kappa shape index (κ1) is 24.1. The van der Waals surface area contributed by atoms with Gasteiger partial charge in [-0.3, -0.25) is 0 Å². The maximum atomic E-state index is 10.9. The number of aryl methyl sites for hydroxylation is 1. The van der Waals surface area contributed by atoms with Gasteiger partial charge in [0.05, 0.1) is 41.1 Å². The Morgan fingerprint density at radius 2 is 1.60 bits per heavy atom.